The molecule has 1 saturated heterocycles. The lowest BCUT2D eigenvalue weighted by atomic mass is 10.1. The number of nitrogens with zero attached hydrogens (tertiary/aromatic N) is 2. The maximum Gasteiger partial charge on any atom is 0.254 e. The second-order valence-electron chi connectivity index (χ2n) is 6.83. The van der Waals surface area contributed by atoms with Crippen LogP contribution in [0.15, 0.2) is 72.8 Å². The van der Waals surface area contributed by atoms with Crippen molar-refractivity contribution in [2.45, 2.75) is 12.5 Å². The third-order valence-electron chi connectivity index (χ3n) is 4.83. The fraction of sp³-hybridized carbons (Fsp3) is 0.217. The average Bonchev–Trinajstić information content (AvgIpc) is 2.75. The summed E-state index contributed by atoms with van der Waals surface area (Å²) in [6, 6.07) is 21.7. The molecule has 4 nitrogen and oxygen atoms in total. The summed E-state index contributed by atoms with van der Waals surface area (Å²) in [5.41, 5.74) is 3.47. The van der Waals surface area contributed by atoms with E-state index in [1.54, 1.807) is 4.90 Å². The van der Waals surface area contributed by atoms with E-state index in [0.29, 0.717) is 25.3 Å². The van der Waals surface area contributed by atoms with Crippen molar-refractivity contribution >= 4 is 5.91 Å². The highest BCUT2D eigenvalue weighted by Gasteiger charge is 2.27. The zero-order valence-electron chi connectivity index (χ0n) is 15.4. The number of hydrogen-bond donors (Lipinski definition) is 0. The Labute approximate surface area is 163 Å². The van der Waals surface area contributed by atoms with E-state index in [2.05, 4.69) is 12.1 Å². The zero-order valence-corrected chi connectivity index (χ0v) is 15.4. The van der Waals surface area contributed by atoms with Crippen LogP contribution in [0.3, 0.4) is 0 Å². The molecule has 4 rings (SSSR count). The van der Waals surface area contributed by atoms with Crippen LogP contribution in [0.5, 0.6) is 0 Å². The van der Waals surface area contributed by atoms with E-state index in [-0.39, 0.29) is 17.8 Å². The number of amides is 1. The topological polar surface area (TPSA) is 42.4 Å². The summed E-state index contributed by atoms with van der Waals surface area (Å²) in [6.45, 7) is 1.39. The highest BCUT2D eigenvalue weighted by Crippen LogP contribution is 2.23. The number of carbonyl (C=O) groups is 1. The van der Waals surface area contributed by atoms with E-state index in [9.17, 15) is 9.18 Å². The molecule has 2 aromatic carbocycles. The summed E-state index contributed by atoms with van der Waals surface area (Å²) < 4.78 is 19.0. The van der Waals surface area contributed by atoms with Crippen molar-refractivity contribution in [3.8, 4) is 0 Å². The Morgan fingerprint density at radius 2 is 1.82 bits per heavy atom. The van der Waals surface area contributed by atoms with Gasteiger partial charge in [0.15, 0.2) is 0 Å². The smallest absolute Gasteiger partial charge is 0.254 e. The minimum absolute atomic E-state index is 0.117. The molecule has 0 radical (unpaired) electrons. The number of hydrogen-bond acceptors (Lipinski definition) is 3. The molecule has 5 heteroatoms. The summed E-state index contributed by atoms with van der Waals surface area (Å²) in [6.07, 6.45) is 0.480. The third-order valence-corrected chi connectivity index (χ3v) is 4.83. The third kappa shape index (κ3) is 4.26. The van der Waals surface area contributed by atoms with Crippen molar-refractivity contribution in [3.05, 3.63) is 101 Å². The van der Waals surface area contributed by atoms with Crippen LogP contribution >= 0.6 is 0 Å². The molecule has 1 amide bonds. The van der Waals surface area contributed by atoms with Crippen LogP contribution in [0.1, 0.15) is 33.4 Å². The number of ether oxygens (including phenoxy) is 1. The predicted molar refractivity (Wildman–Crippen MR) is 104 cm³/mol. The molecule has 1 aliphatic heterocycles. The molecule has 1 aromatic heterocycles. The molecule has 2 heterocycles. The van der Waals surface area contributed by atoms with Gasteiger partial charge in [0, 0.05) is 24.2 Å². The number of carbonyl (C=O) groups excluding carboxylic acids is 1. The van der Waals surface area contributed by atoms with E-state index >= 15 is 0 Å². The van der Waals surface area contributed by atoms with Crippen LogP contribution in [0, 0.1) is 5.82 Å². The zero-order chi connectivity index (χ0) is 19.3. The Kier molecular flexibility index (Phi) is 5.44. The number of benzene rings is 2. The van der Waals surface area contributed by atoms with Gasteiger partial charge in [0.2, 0.25) is 0 Å². The Morgan fingerprint density at radius 1 is 1.04 bits per heavy atom. The molecule has 28 heavy (non-hydrogen) atoms. The lowest BCUT2D eigenvalue weighted by Gasteiger charge is -2.33. The number of pyridine rings is 1. The van der Waals surface area contributed by atoms with Gasteiger partial charge in [-0.3, -0.25) is 9.78 Å². The van der Waals surface area contributed by atoms with Gasteiger partial charge in [-0.05, 0) is 42.0 Å². The molecule has 0 aliphatic carbocycles. The minimum atomic E-state index is -0.351. The first-order valence-corrected chi connectivity index (χ1v) is 9.35. The van der Waals surface area contributed by atoms with Crippen LogP contribution in [0.2, 0.25) is 0 Å². The molecule has 1 unspecified atom stereocenters. The van der Waals surface area contributed by atoms with Crippen LogP contribution in [0.4, 0.5) is 4.39 Å². The minimum Gasteiger partial charge on any atom is -0.368 e. The van der Waals surface area contributed by atoms with Crippen molar-refractivity contribution in [2.24, 2.45) is 0 Å². The number of rotatable bonds is 4. The standard InChI is InChI=1S/C23H21FN2O2/c24-19-11-9-18(10-12-19)23(27)26-13-14-28-22(16-26)21-8-4-7-20(25-21)15-17-5-2-1-3-6-17/h1-12,22H,13-16H2. The Balaban J connectivity index is 1.48. The molecular formula is C23H21FN2O2. The lowest BCUT2D eigenvalue weighted by molar-refractivity contribution is -0.0247. The van der Waals surface area contributed by atoms with E-state index in [1.807, 2.05) is 36.4 Å². The molecule has 3 aromatic rings. The first-order chi connectivity index (χ1) is 13.7. The van der Waals surface area contributed by atoms with Crippen molar-refractivity contribution in [1.82, 2.24) is 9.88 Å². The molecule has 0 saturated carbocycles. The van der Waals surface area contributed by atoms with Gasteiger partial charge in [0.1, 0.15) is 11.9 Å². The summed E-state index contributed by atoms with van der Waals surface area (Å²) in [5.74, 6) is -0.468. The average molecular weight is 376 g/mol. The number of aromatic nitrogens is 1. The fourth-order valence-electron chi connectivity index (χ4n) is 3.37. The van der Waals surface area contributed by atoms with Gasteiger partial charge in [-0.15, -0.1) is 0 Å². The molecule has 1 fully saturated rings. The van der Waals surface area contributed by atoms with Gasteiger partial charge >= 0.3 is 0 Å². The predicted octanol–water partition coefficient (Wildman–Crippen LogP) is 4.03. The largest absolute Gasteiger partial charge is 0.368 e. The first kappa shape index (κ1) is 18.3. The van der Waals surface area contributed by atoms with Crippen LogP contribution in [0.25, 0.3) is 0 Å². The van der Waals surface area contributed by atoms with Crippen LogP contribution < -0.4 is 0 Å². The van der Waals surface area contributed by atoms with Gasteiger partial charge in [-0.25, -0.2) is 4.39 Å². The normalized spacial score (nSPS) is 16.8. The van der Waals surface area contributed by atoms with Crippen molar-refractivity contribution < 1.29 is 13.9 Å². The van der Waals surface area contributed by atoms with Gasteiger partial charge in [-0.2, -0.15) is 0 Å². The molecule has 0 bridgehead atoms. The van der Waals surface area contributed by atoms with Gasteiger partial charge in [-0.1, -0.05) is 36.4 Å². The molecule has 0 spiro atoms. The molecule has 1 atom stereocenters. The van der Waals surface area contributed by atoms with E-state index in [0.717, 1.165) is 17.8 Å². The van der Waals surface area contributed by atoms with Gasteiger partial charge < -0.3 is 9.64 Å². The maximum absolute atomic E-state index is 13.1. The second-order valence-corrected chi connectivity index (χ2v) is 6.83. The Bertz CT molecular complexity index is 944. The molecule has 0 N–H and O–H groups in total. The van der Waals surface area contributed by atoms with Crippen molar-refractivity contribution in [3.63, 3.8) is 0 Å². The monoisotopic (exact) mass is 376 g/mol. The van der Waals surface area contributed by atoms with Crippen LogP contribution in [-0.2, 0) is 11.2 Å². The molecular weight excluding hydrogens is 355 g/mol. The first-order valence-electron chi connectivity index (χ1n) is 9.35. The van der Waals surface area contributed by atoms with Crippen molar-refractivity contribution in [2.75, 3.05) is 19.7 Å². The molecule has 1 aliphatic rings. The van der Waals surface area contributed by atoms with Crippen LogP contribution in [-0.4, -0.2) is 35.5 Å². The van der Waals surface area contributed by atoms with Gasteiger partial charge in [0.05, 0.1) is 18.8 Å². The van der Waals surface area contributed by atoms with Crippen molar-refractivity contribution in [1.29, 1.82) is 0 Å². The number of morpholine rings is 1. The maximum atomic E-state index is 13.1. The Morgan fingerprint density at radius 3 is 2.61 bits per heavy atom. The highest BCUT2D eigenvalue weighted by atomic mass is 19.1. The molecule has 142 valence electrons. The summed E-state index contributed by atoms with van der Waals surface area (Å²) in [5, 5.41) is 0. The van der Waals surface area contributed by atoms with Gasteiger partial charge in [0.25, 0.3) is 5.91 Å². The summed E-state index contributed by atoms with van der Waals surface area (Å²) in [4.78, 5) is 19.2. The fourth-order valence-corrected chi connectivity index (χ4v) is 3.37. The summed E-state index contributed by atoms with van der Waals surface area (Å²) >= 11 is 0. The SMILES string of the molecule is O=C(c1ccc(F)cc1)N1CCOC(c2cccc(Cc3ccccc3)n2)C1. The Hall–Kier alpha value is -3.05. The quantitative estimate of drug-likeness (QED) is 0.691. The lowest BCUT2D eigenvalue weighted by Crippen LogP contribution is -2.42. The second kappa shape index (κ2) is 8.31. The summed E-state index contributed by atoms with van der Waals surface area (Å²) in [7, 11) is 0. The van der Waals surface area contributed by atoms with E-state index < -0.39 is 0 Å². The van der Waals surface area contributed by atoms with E-state index in [1.165, 1.54) is 29.8 Å². The van der Waals surface area contributed by atoms with E-state index in [4.69, 9.17) is 9.72 Å². The number of halogens is 1. The highest BCUT2D eigenvalue weighted by molar-refractivity contribution is 5.94.